The van der Waals surface area contributed by atoms with E-state index in [1.54, 1.807) is 30.3 Å². The largest absolute Gasteiger partial charge is 0.435 e. The quantitative estimate of drug-likeness (QED) is 0.666. The molecule has 0 spiro atoms. The van der Waals surface area contributed by atoms with E-state index in [9.17, 15) is 18.4 Å². The van der Waals surface area contributed by atoms with Crippen molar-refractivity contribution in [1.82, 2.24) is 5.32 Å². The first kappa shape index (κ1) is 21.1. The molecule has 148 valence electrons. The summed E-state index contributed by atoms with van der Waals surface area (Å²) in [6.07, 6.45) is 2.94. The summed E-state index contributed by atoms with van der Waals surface area (Å²) in [5.41, 5.74) is 2.27. The maximum Gasteiger partial charge on any atom is 0.387 e. The topological polar surface area (TPSA) is 67.4 Å². The van der Waals surface area contributed by atoms with Crippen molar-refractivity contribution < 1.29 is 23.1 Å². The summed E-state index contributed by atoms with van der Waals surface area (Å²) in [4.78, 5) is 23.6. The van der Waals surface area contributed by atoms with Crippen molar-refractivity contribution in [1.29, 1.82) is 0 Å². The fraction of sp³-hybridized carbons (Fsp3) is 0.238. The van der Waals surface area contributed by atoms with Gasteiger partial charge in [-0.05, 0) is 41.5 Å². The van der Waals surface area contributed by atoms with Gasteiger partial charge in [-0.15, -0.1) is 0 Å². The molecule has 0 fully saturated rings. The highest BCUT2D eigenvalue weighted by Crippen LogP contribution is 2.15. The number of hydrogen-bond acceptors (Lipinski definition) is 3. The third-order valence-corrected chi connectivity index (χ3v) is 3.75. The first-order valence-electron chi connectivity index (χ1n) is 8.74. The fourth-order valence-corrected chi connectivity index (χ4v) is 2.17. The Morgan fingerprint density at radius 1 is 1.04 bits per heavy atom. The molecule has 2 aromatic carbocycles. The number of ether oxygens (including phenoxy) is 1. The van der Waals surface area contributed by atoms with Crippen LogP contribution < -0.4 is 15.4 Å². The van der Waals surface area contributed by atoms with E-state index in [-0.39, 0.29) is 23.5 Å². The van der Waals surface area contributed by atoms with E-state index in [1.165, 1.54) is 18.2 Å². The van der Waals surface area contributed by atoms with Gasteiger partial charge >= 0.3 is 6.61 Å². The van der Waals surface area contributed by atoms with E-state index in [0.29, 0.717) is 17.8 Å². The molecule has 7 heteroatoms. The van der Waals surface area contributed by atoms with Gasteiger partial charge in [-0.25, -0.2) is 0 Å². The SMILES string of the molecule is CC(C)C(=O)Nc1ccc(CNC(=O)/C=C/c2ccc(OC(F)F)cc2)cc1. The highest BCUT2D eigenvalue weighted by atomic mass is 19.3. The van der Waals surface area contributed by atoms with Crippen molar-refractivity contribution in [3.8, 4) is 5.75 Å². The monoisotopic (exact) mass is 388 g/mol. The number of alkyl halides is 2. The number of carbonyl (C=O) groups is 2. The van der Waals surface area contributed by atoms with Crippen LogP contribution in [0.25, 0.3) is 6.08 Å². The van der Waals surface area contributed by atoms with Crippen molar-refractivity contribution in [2.75, 3.05) is 5.32 Å². The molecule has 0 aliphatic rings. The van der Waals surface area contributed by atoms with Gasteiger partial charge in [0.1, 0.15) is 5.75 Å². The Bertz CT molecular complexity index is 817. The molecule has 0 radical (unpaired) electrons. The highest BCUT2D eigenvalue weighted by Gasteiger charge is 2.07. The van der Waals surface area contributed by atoms with Crippen LogP contribution in [0.1, 0.15) is 25.0 Å². The van der Waals surface area contributed by atoms with Crippen LogP contribution in [0.5, 0.6) is 5.75 Å². The molecule has 28 heavy (non-hydrogen) atoms. The van der Waals surface area contributed by atoms with Gasteiger partial charge in [-0.3, -0.25) is 9.59 Å². The first-order valence-corrected chi connectivity index (χ1v) is 8.74. The van der Waals surface area contributed by atoms with Crippen LogP contribution in [0.4, 0.5) is 14.5 Å². The van der Waals surface area contributed by atoms with Crippen LogP contribution in [0.3, 0.4) is 0 Å². The average molecular weight is 388 g/mol. The van der Waals surface area contributed by atoms with Crippen molar-refractivity contribution in [2.45, 2.75) is 27.0 Å². The summed E-state index contributed by atoms with van der Waals surface area (Å²) >= 11 is 0. The average Bonchev–Trinajstić information content (AvgIpc) is 2.66. The van der Waals surface area contributed by atoms with Crippen LogP contribution in [0.15, 0.2) is 54.6 Å². The lowest BCUT2D eigenvalue weighted by atomic mass is 10.1. The van der Waals surface area contributed by atoms with E-state index in [2.05, 4.69) is 15.4 Å². The van der Waals surface area contributed by atoms with E-state index in [0.717, 1.165) is 5.56 Å². The Morgan fingerprint density at radius 3 is 2.25 bits per heavy atom. The third kappa shape index (κ3) is 7.19. The zero-order valence-electron chi connectivity index (χ0n) is 15.6. The predicted octanol–water partition coefficient (Wildman–Crippen LogP) is 4.21. The molecular weight excluding hydrogens is 366 g/mol. The molecule has 0 heterocycles. The van der Waals surface area contributed by atoms with Crippen LogP contribution in [-0.4, -0.2) is 18.4 Å². The lowest BCUT2D eigenvalue weighted by Gasteiger charge is -2.08. The number of anilines is 1. The second-order valence-electron chi connectivity index (χ2n) is 6.34. The summed E-state index contributed by atoms with van der Waals surface area (Å²) in [6, 6.07) is 13.2. The molecule has 2 N–H and O–H groups in total. The number of carbonyl (C=O) groups excluding carboxylic acids is 2. The first-order chi connectivity index (χ1) is 13.3. The minimum absolute atomic E-state index is 0.0556. The molecule has 2 rings (SSSR count). The maximum atomic E-state index is 12.1. The molecule has 0 aromatic heterocycles. The second kappa shape index (κ2) is 10.2. The van der Waals surface area contributed by atoms with Gasteiger partial charge in [0.15, 0.2) is 0 Å². The Labute approximate surface area is 162 Å². The Balaban J connectivity index is 1.81. The minimum Gasteiger partial charge on any atom is -0.435 e. The van der Waals surface area contributed by atoms with E-state index < -0.39 is 6.61 Å². The highest BCUT2D eigenvalue weighted by molar-refractivity contribution is 5.92. The number of rotatable bonds is 8. The second-order valence-corrected chi connectivity index (χ2v) is 6.34. The van der Waals surface area contributed by atoms with Gasteiger partial charge in [0.05, 0.1) is 0 Å². The van der Waals surface area contributed by atoms with E-state index >= 15 is 0 Å². The lowest BCUT2D eigenvalue weighted by molar-refractivity contribution is -0.119. The predicted molar refractivity (Wildman–Crippen MR) is 104 cm³/mol. The Morgan fingerprint density at radius 2 is 1.68 bits per heavy atom. The Kier molecular flexibility index (Phi) is 7.68. The molecule has 0 aliphatic heterocycles. The number of amides is 2. The molecule has 5 nitrogen and oxygen atoms in total. The lowest BCUT2D eigenvalue weighted by Crippen LogP contribution is -2.20. The zero-order valence-corrected chi connectivity index (χ0v) is 15.6. The van der Waals surface area contributed by atoms with Crippen LogP contribution in [0.2, 0.25) is 0 Å². The fourth-order valence-electron chi connectivity index (χ4n) is 2.17. The van der Waals surface area contributed by atoms with Crippen molar-refractivity contribution >= 4 is 23.6 Å². The van der Waals surface area contributed by atoms with Gasteiger partial charge < -0.3 is 15.4 Å². The van der Waals surface area contributed by atoms with Crippen LogP contribution in [0, 0.1) is 5.92 Å². The van der Waals surface area contributed by atoms with Crippen molar-refractivity contribution in [3.05, 3.63) is 65.7 Å². The van der Waals surface area contributed by atoms with Crippen LogP contribution in [-0.2, 0) is 16.1 Å². The van der Waals surface area contributed by atoms with Gasteiger partial charge in [0.25, 0.3) is 0 Å². The molecular formula is C21H22F2N2O3. The van der Waals surface area contributed by atoms with Gasteiger partial charge in [0, 0.05) is 24.2 Å². The number of halogens is 2. The Hall–Kier alpha value is -3.22. The molecule has 0 atom stereocenters. The summed E-state index contributed by atoms with van der Waals surface area (Å²) < 4.78 is 28.5. The van der Waals surface area contributed by atoms with Crippen molar-refractivity contribution in [3.63, 3.8) is 0 Å². The molecule has 0 aliphatic carbocycles. The van der Waals surface area contributed by atoms with Gasteiger partial charge in [-0.2, -0.15) is 8.78 Å². The molecule has 0 saturated carbocycles. The summed E-state index contributed by atoms with van der Waals surface area (Å²) in [5.74, 6) is -0.381. The molecule has 0 bridgehead atoms. The smallest absolute Gasteiger partial charge is 0.387 e. The number of hydrogen-bond donors (Lipinski definition) is 2. The van der Waals surface area contributed by atoms with Crippen molar-refractivity contribution in [2.24, 2.45) is 5.92 Å². The summed E-state index contributed by atoms with van der Waals surface area (Å²) in [7, 11) is 0. The minimum atomic E-state index is -2.87. The van der Waals surface area contributed by atoms with Gasteiger partial charge in [-0.1, -0.05) is 38.1 Å². The maximum absolute atomic E-state index is 12.1. The molecule has 2 aromatic rings. The number of nitrogens with one attached hydrogen (secondary N) is 2. The van der Waals surface area contributed by atoms with Gasteiger partial charge in [0.2, 0.25) is 11.8 Å². The summed E-state index contributed by atoms with van der Waals surface area (Å²) in [5, 5.41) is 5.55. The van der Waals surface area contributed by atoms with E-state index in [4.69, 9.17) is 0 Å². The molecule has 0 unspecified atom stereocenters. The number of benzene rings is 2. The molecule has 2 amide bonds. The summed E-state index contributed by atoms with van der Waals surface area (Å²) in [6.45, 7) is 1.10. The normalized spacial score (nSPS) is 11.1. The third-order valence-electron chi connectivity index (χ3n) is 3.75. The van der Waals surface area contributed by atoms with Crippen LogP contribution >= 0.6 is 0 Å². The van der Waals surface area contributed by atoms with E-state index in [1.807, 2.05) is 26.0 Å². The zero-order chi connectivity index (χ0) is 20.5. The standard InChI is InChI=1S/C21H22F2N2O3/c1-14(2)20(27)25-17-8-3-16(4-9-17)13-24-19(26)12-7-15-5-10-18(11-6-15)28-21(22)23/h3-12,14,21H,13H2,1-2H3,(H,24,26)(H,25,27)/b12-7+. The molecule has 0 saturated heterocycles.